The fourth-order valence-corrected chi connectivity index (χ4v) is 4.23. The van der Waals surface area contributed by atoms with Crippen LogP contribution in [-0.2, 0) is 22.4 Å². The first-order chi connectivity index (χ1) is 14.0. The van der Waals surface area contributed by atoms with Gasteiger partial charge in [0.15, 0.2) is 0 Å². The van der Waals surface area contributed by atoms with E-state index in [0.29, 0.717) is 6.04 Å². The number of ether oxygens (including phenoxy) is 1. The minimum atomic E-state index is -0.350. The molecular weight excluding hydrogens is 367 g/mol. The van der Waals surface area contributed by atoms with Gasteiger partial charge in [-0.25, -0.2) is 9.18 Å². The van der Waals surface area contributed by atoms with Crippen molar-refractivity contribution in [3.8, 4) is 0 Å². The Labute approximate surface area is 169 Å². The van der Waals surface area contributed by atoms with Crippen LogP contribution >= 0.6 is 0 Å². The molecule has 0 fully saturated rings. The number of methoxy groups -OCH3 is 1. The van der Waals surface area contributed by atoms with E-state index < -0.39 is 0 Å². The van der Waals surface area contributed by atoms with E-state index in [0.717, 1.165) is 48.0 Å². The Kier molecular flexibility index (Phi) is 5.49. The summed E-state index contributed by atoms with van der Waals surface area (Å²) in [7, 11) is 1.37. The average Bonchev–Trinajstić information content (AvgIpc) is 3.26. The summed E-state index contributed by atoms with van der Waals surface area (Å²) in [5.41, 5.74) is 6.90. The monoisotopic (exact) mass is 392 g/mol. The van der Waals surface area contributed by atoms with Crippen LogP contribution in [0.2, 0.25) is 0 Å². The molecule has 0 aliphatic heterocycles. The highest BCUT2D eigenvalue weighted by Gasteiger charge is 2.22. The van der Waals surface area contributed by atoms with E-state index in [9.17, 15) is 9.18 Å². The normalized spacial score (nSPS) is 15.9. The van der Waals surface area contributed by atoms with Gasteiger partial charge in [0, 0.05) is 28.7 Å². The maximum Gasteiger partial charge on any atom is 0.330 e. The number of carbonyl (C=O) groups excluding carboxylic acids is 1. The molecule has 0 saturated carbocycles. The Morgan fingerprint density at radius 2 is 2.17 bits per heavy atom. The minimum Gasteiger partial charge on any atom is -0.466 e. The van der Waals surface area contributed by atoms with Crippen LogP contribution in [0.5, 0.6) is 0 Å². The number of fused-ring (bicyclic) bond motifs is 2. The number of hydrogen-bond acceptors (Lipinski definition) is 3. The zero-order chi connectivity index (χ0) is 20.4. The molecule has 0 saturated heterocycles. The number of benzene rings is 2. The van der Waals surface area contributed by atoms with Crippen LogP contribution in [0.4, 0.5) is 4.39 Å². The lowest BCUT2D eigenvalue weighted by Crippen LogP contribution is -2.22. The van der Waals surface area contributed by atoms with Crippen LogP contribution in [0, 0.1) is 12.7 Å². The summed E-state index contributed by atoms with van der Waals surface area (Å²) >= 11 is 0. The first-order valence-electron chi connectivity index (χ1n) is 9.94. The molecule has 2 aromatic carbocycles. The Balaban J connectivity index is 1.42. The quantitative estimate of drug-likeness (QED) is 0.475. The van der Waals surface area contributed by atoms with Crippen LogP contribution in [0.25, 0.3) is 17.0 Å². The zero-order valence-electron chi connectivity index (χ0n) is 16.7. The van der Waals surface area contributed by atoms with Gasteiger partial charge in [0.2, 0.25) is 0 Å². The number of rotatable bonds is 6. The van der Waals surface area contributed by atoms with Gasteiger partial charge in [-0.3, -0.25) is 0 Å². The second-order valence-corrected chi connectivity index (χ2v) is 7.53. The van der Waals surface area contributed by atoms with Crippen molar-refractivity contribution in [1.29, 1.82) is 0 Å². The molecule has 0 amide bonds. The second-order valence-electron chi connectivity index (χ2n) is 7.53. The van der Waals surface area contributed by atoms with Crippen molar-refractivity contribution >= 4 is 22.9 Å². The van der Waals surface area contributed by atoms with Crippen LogP contribution in [0.15, 0.2) is 42.5 Å². The van der Waals surface area contributed by atoms with E-state index >= 15 is 0 Å². The van der Waals surface area contributed by atoms with Gasteiger partial charge in [-0.15, -0.1) is 0 Å². The van der Waals surface area contributed by atoms with Gasteiger partial charge in [0.25, 0.3) is 0 Å². The molecule has 4 rings (SSSR count). The molecule has 4 nitrogen and oxygen atoms in total. The molecule has 1 aliphatic rings. The average molecular weight is 392 g/mol. The van der Waals surface area contributed by atoms with Gasteiger partial charge in [0.1, 0.15) is 5.82 Å². The van der Waals surface area contributed by atoms with Crippen molar-refractivity contribution in [1.82, 2.24) is 10.3 Å². The molecular formula is C24H25FN2O2. The van der Waals surface area contributed by atoms with Gasteiger partial charge in [0.05, 0.1) is 7.11 Å². The number of H-pyrrole nitrogens is 1. The Morgan fingerprint density at radius 3 is 3.00 bits per heavy atom. The number of aromatic nitrogens is 1. The van der Waals surface area contributed by atoms with Gasteiger partial charge in [-0.1, -0.05) is 18.2 Å². The van der Waals surface area contributed by atoms with E-state index in [1.807, 2.05) is 13.0 Å². The number of aryl methyl sites for hydroxylation is 2. The number of esters is 1. The van der Waals surface area contributed by atoms with E-state index in [-0.39, 0.29) is 11.8 Å². The third-order valence-corrected chi connectivity index (χ3v) is 5.71. The number of carbonyl (C=O) groups is 1. The Morgan fingerprint density at radius 1 is 1.31 bits per heavy atom. The van der Waals surface area contributed by atoms with Gasteiger partial charge >= 0.3 is 5.97 Å². The molecule has 1 unspecified atom stereocenters. The second kappa shape index (κ2) is 8.21. The fraction of sp³-hybridized carbons (Fsp3) is 0.292. The SMILES string of the molecule is COC(=O)/C=C/c1ccc2c(c1)CCC2NCCc1c(C)[nH]c2ccc(F)cc12. The fourth-order valence-electron chi connectivity index (χ4n) is 4.23. The molecule has 0 spiro atoms. The van der Waals surface area contributed by atoms with Crippen molar-refractivity contribution in [2.45, 2.75) is 32.2 Å². The molecule has 1 heterocycles. The molecule has 29 heavy (non-hydrogen) atoms. The zero-order valence-corrected chi connectivity index (χ0v) is 16.7. The number of halogens is 1. The van der Waals surface area contributed by atoms with Crippen molar-refractivity contribution in [2.24, 2.45) is 0 Å². The van der Waals surface area contributed by atoms with E-state index in [1.54, 1.807) is 18.2 Å². The predicted molar refractivity (Wildman–Crippen MR) is 113 cm³/mol. The first kappa shape index (κ1) is 19.4. The lowest BCUT2D eigenvalue weighted by molar-refractivity contribution is -0.134. The number of aromatic amines is 1. The van der Waals surface area contributed by atoms with Gasteiger partial charge in [-0.05, 0) is 79.3 Å². The highest BCUT2D eigenvalue weighted by atomic mass is 19.1. The summed E-state index contributed by atoms with van der Waals surface area (Å²) in [5.74, 6) is -0.551. The summed E-state index contributed by atoms with van der Waals surface area (Å²) in [5, 5.41) is 4.63. The molecule has 0 radical (unpaired) electrons. The molecule has 1 atom stereocenters. The summed E-state index contributed by atoms with van der Waals surface area (Å²) in [6.07, 6.45) is 6.15. The van der Waals surface area contributed by atoms with Crippen LogP contribution in [0.1, 0.15) is 40.4 Å². The Bertz CT molecular complexity index is 1080. The van der Waals surface area contributed by atoms with Crippen LogP contribution in [0.3, 0.4) is 0 Å². The predicted octanol–water partition coefficient (Wildman–Crippen LogP) is 4.62. The van der Waals surface area contributed by atoms with E-state index in [2.05, 4.69) is 27.2 Å². The summed E-state index contributed by atoms with van der Waals surface area (Å²) < 4.78 is 18.3. The van der Waals surface area contributed by atoms with Gasteiger partial charge in [-0.2, -0.15) is 0 Å². The third kappa shape index (κ3) is 4.10. The summed E-state index contributed by atoms with van der Waals surface area (Å²) in [6.45, 7) is 2.87. The molecule has 0 bridgehead atoms. The highest BCUT2D eigenvalue weighted by molar-refractivity contribution is 5.87. The molecule has 5 heteroatoms. The lowest BCUT2D eigenvalue weighted by Gasteiger charge is -2.14. The third-order valence-electron chi connectivity index (χ3n) is 5.71. The Hall–Kier alpha value is -2.92. The number of hydrogen-bond donors (Lipinski definition) is 2. The first-order valence-corrected chi connectivity index (χ1v) is 9.94. The maximum absolute atomic E-state index is 13.7. The maximum atomic E-state index is 13.7. The number of nitrogens with one attached hydrogen (secondary N) is 2. The molecule has 150 valence electrons. The minimum absolute atomic E-state index is 0.201. The largest absolute Gasteiger partial charge is 0.466 e. The van der Waals surface area contributed by atoms with E-state index in [4.69, 9.17) is 0 Å². The topological polar surface area (TPSA) is 54.1 Å². The van der Waals surface area contributed by atoms with Crippen LogP contribution in [-0.4, -0.2) is 24.6 Å². The van der Waals surface area contributed by atoms with E-state index in [1.165, 1.54) is 35.9 Å². The molecule has 2 N–H and O–H groups in total. The van der Waals surface area contributed by atoms with Crippen LogP contribution < -0.4 is 5.32 Å². The van der Waals surface area contributed by atoms with Crippen molar-refractivity contribution in [3.05, 3.63) is 76.2 Å². The van der Waals surface area contributed by atoms with Crippen molar-refractivity contribution in [3.63, 3.8) is 0 Å². The standard InChI is InChI=1S/C24H25FN2O2/c1-15-19(21-14-18(25)6-9-23(21)27-15)11-12-26-22-8-5-17-13-16(3-7-20(17)22)4-10-24(28)29-2/h3-4,6-7,9-10,13-14,22,26-27H,5,8,11-12H2,1-2H3/b10-4+. The summed E-state index contributed by atoms with van der Waals surface area (Å²) in [4.78, 5) is 14.6. The smallest absolute Gasteiger partial charge is 0.330 e. The molecule has 1 aliphatic carbocycles. The summed E-state index contributed by atoms with van der Waals surface area (Å²) in [6, 6.07) is 11.5. The highest BCUT2D eigenvalue weighted by Crippen LogP contribution is 2.32. The van der Waals surface area contributed by atoms with Crippen molar-refractivity contribution < 1.29 is 13.9 Å². The molecule has 1 aromatic heterocycles. The lowest BCUT2D eigenvalue weighted by atomic mass is 10.0. The molecule has 3 aromatic rings. The van der Waals surface area contributed by atoms with Crippen molar-refractivity contribution in [2.75, 3.05) is 13.7 Å². The van der Waals surface area contributed by atoms with Gasteiger partial charge < -0.3 is 15.0 Å².